The van der Waals surface area contributed by atoms with Gasteiger partial charge in [-0.25, -0.2) is 4.98 Å². The molecule has 0 N–H and O–H groups in total. The number of pyridine rings is 1. The largest absolute Gasteiger partial charge is 2.00 e. The van der Waals surface area contributed by atoms with E-state index in [1.54, 1.807) is 0 Å². The van der Waals surface area contributed by atoms with Gasteiger partial charge in [-0.2, -0.15) is 11.2 Å². The van der Waals surface area contributed by atoms with Crippen LogP contribution in [0.25, 0.3) is 33.3 Å². The molecule has 0 bridgehead atoms. The van der Waals surface area contributed by atoms with Gasteiger partial charge in [-0.1, -0.05) is 97.7 Å². The van der Waals surface area contributed by atoms with E-state index in [9.17, 15) is 0 Å². The first-order valence-electron chi connectivity index (χ1n) is 19.6. The Bertz CT molecular complexity index is 2320. The molecule has 284 valence electrons. The van der Waals surface area contributed by atoms with Gasteiger partial charge in [0.25, 0.3) is 0 Å². The van der Waals surface area contributed by atoms with E-state index in [2.05, 4.69) is 158 Å². The summed E-state index contributed by atoms with van der Waals surface area (Å²) in [5, 5.41) is 7.57. The second-order valence-corrected chi connectivity index (χ2v) is 17.6. The predicted octanol–water partition coefficient (Wildman–Crippen LogP) is 12.5. The molecular formula is C48H56N4OPt. The third-order valence-corrected chi connectivity index (χ3v) is 10.9. The zero-order valence-corrected chi connectivity index (χ0v) is 36.2. The van der Waals surface area contributed by atoms with E-state index < -0.39 is 0 Å². The zero-order chi connectivity index (χ0) is 37.8. The van der Waals surface area contributed by atoms with E-state index in [1.807, 2.05) is 12.3 Å². The molecule has 1 aliphatic carbocycles. The number of aromatic nitrogens is 4. The van der Waals surface area contributed by atoms with E-state index in [0.717, 1.165) is 46.5 Å². The van der Waals surface area contributed by atoms with Crippen molar-refractivity contribution < 1.29 is 25.8 Å². The average molecular weight is 900 g/mol. The Hall–Kier alpha value is -3.95. The van der Waals surface area contributed by atoms with Gasteiger partial charge in [0.15, 0.2) is 0 Å². The van der Waals surface area contributed by atoms with Crippen LogP contribution >= 0.6 is 0 Å². The van der Waals surface area contributed by atoms with Crippen LogP contribution in [0.3, 0.4) is 0 Å². The summed E-state index contributed by atoms with van der Waals surface area (Å²) in [6.07, 6.45) is 7.53. The maximum Gasteiger partial charge on any atom is 2.00 e. The van der Waals surface area contributed by atoms with Gasteiger partial charge in [-0.05, 0) is 97.0 Å². The van der Waals surface area contributed by atoms with Crippen molar-refractivity contribution in [3.8, 4) is 23.0 Å². The summed E-state index contributed by atoms with van der Waals surface area (Å²) in [6, 6.07) is 28.8. The van der Waals surface area contributed by atoms with Crippen LogP contribution in [0.2, 0.25) is 0 Å². The molecule has 0 aliphatic heterocycles. The first-order valence-corrected chi connectivity index (χ1v) is 19.6. The van der Waals surface area contributed by atoms with Crippen LogP contribution in [0, 0.1) is 42.7 Å². The van der Waals surface area contributed by atoms with Crippen LogP contribution in [0.15, 0.2) is 78.5 Å². The first-order chi connectivity index (χ1) is 25.2. The molecule has 3 aromatic carbocycles. The number of allylic oxidation sites excluding steroid dienone is 2. The van der Waals surface area contributed by atoms with Gasteiger partial charge >= 0.3 is 21.1 Å². The number of hydrogen-bond donors (Lipinski definition) is 0. The average Bonchev–Trinajstić information content (AvgIpc) is 3.57. The van der Waals surface area contributed by atoms with Gasteiger partial charge in [-0.3, -0.25) is 4.68 Å². The van der Waals surface area contributed by atoms with Crippen LogP contribution in [-0.2, 0) is 39.3 Å². The quantitative estimate of drug-likeness (QED) is 0.107. The molecule has 0 saturated heterocycles. The monoisotopic (exact) mass is 899 g/mol. The summed E-state index contributed by atoms with van der Waals surface area (Å²) in [4.78, 5) is 4.85. The summed E-state index contributed by atoms with van der Waals surface area (Å²) in [5.41, 5.74) is 10.5. The van der Waals surface area contributed by atoms with Crippen molar-refractivity contribution in [3.63, 3.8) is 0 Å². The number of para-hydroxylation sites is 1. The standard InChI is InChI=1S/C48H56N4O.Pt/c1-29(2)20-35-18-19-49-45(24-35)51-42-15-13-12-14-40(42)41-17-16-38(28-43(41)51)53-39-26-36(48(9,10)11)25-37(27-39)52-44(21-30(3)4)47(34(8)50-52)46-32(6)22-31(5)23-33(46)7;/h12-19,22,24-26,29-31,33,46H,20-21,23H2,1-11H3;/q-2;+2/t31-,33-,46?;/m0./s1. The van der Waals surface area contributed by atoms with Crippen LogP contribution in [0.1, 0.15) is 110 Å². The number of benzene rings is 3. The van der Waals surface area contributed by atoms with Gasteiger partial charge in [0.2, 0.25) is 0 Å². The van der Waals surface area contributed by atoms with E-state index in [4.69, 9.17) is 14.8 Å². The van der Waals surface area contributed by atoms with Crippen LogP contribution in [-0.4, -0.2) is 19.3 Å². The summed E-state index contributed by atoms with van der Waals surface area (Å²) in [6.45, 7) is 25.1. The number of nitrogens with zero attached hydrogens (tertiary/aromatic N) is 4. The summed E-state index contributed by atoms with van der Waals surface area (Å²) in [5.74, 6) is 4.73. The predicted molar refractivity (Wildman–Crippen MR) is 220 cm³/mol. The van der Waals surface area contributed by atoms with Crippen LogP contribution in [0.4, 0.5) is 0 Å². The second-order valence-electron chi connectivity index (χ2n) is 17.6. The topological polar surface area (TPSA) is 44.9 Å². The van der Waals surface area contributed by atoms with Gasteiger partial charge in [0, 0.05) is 40.4 Å². The Labute approximate surface area is 337 Å². The zero-order valence-electron chi connectivity index (χ0n) is 33.9. The van der Waals surface area contributed by atoms with Crippen molar-refractivity contribution >= 4 is 21.8 Å². The molecule has 0 amide bonds. The molecule has 54 heavy (non-hydrogen) atoms. The van der Waals surface area contributed by atoms with Crippen molar-refractivity contribution in [2.24, 2.45) is 23.7 Å². The number of ether oxygens (including phenoxy) is 1. The Morgan fingerprint density at radius 1 is 0.870 bits per heavy atom. The Kier molecular flexibility index (Phi) is 11.5. The van der Waals surface area contributed by atoms with E-state index in [1.165, 1.54) is 39.8 Å². The van der Waals surface area contributed by atoms with Gasteiger partial charge < -0.3 is 9.30 Å². The summed E-state index contributed by atoms with van der Waals surface area (Å²) in [7, 11) is 0. The number of aryl methyl sites for hydroxylation is 1. The maximum atomic E-state index is 6.77. The van der Waals surface area contributed by atoms with Crippen molar-refractivity contribution in [2.45, 2.75) is 107 Å². The summed E-state index contributed by atoms with van der Waals surface area (Å²) < 4.78 is 11.2. The van der Waals surface area contributed by atoms with Crippen molar-refractivity contribution in [2.75, 3.05) is 0 Å². The first kappa shape index (κ1) is 39.7. The van der Waals surface area contributed by atoms with Gasteiger partial charge in [-0.15, -0.1) is 41.3 Å². The van der Waals surface area contributed by atoms with Gasteiger partial charge in [0.05, 0.1) is 5.69 Å². The second kappa shape index (κ2) is 15.7. The van der Waals surface area contributed by atoms with Crippen LogP contribution < -0.4 is 4.74 Å². The molecular weight excluding hydrogens is 844 g/mol. The fourth-order valence-corrected chi connectivity index (χ4v) is 8.68. The third-order valence-electron chi connectivity index (χ3n) is 10.9. The Morgan fingerprint density at radius 3 is 2.31 bits per heavy atom. The molecule has 5 nitrogen and oxygen atoms in total. The molecule has 7 rings (SSSR count). The molecule has 3 heterocycles. The maximum absolute atomic E-state index is 6.77. The van der Waals surface area contributed by atoms with E-state index >= 15 is 0 Å². The minimum absolute atomic E-state index is 0. The molecule has 0 fully saturated rings. The minimum Gasteiger partial charge on any atom is -0.509 e. The third kappa shape index (κ3) is 7.90. The number of hydrogen-bond acceptors (Lipinski definition) is 3. The summed E-state index contributed by atoms with van der Waals surface area (Å²) >= 11 is 0. The number of rotatable bonds is 9. The SMILES string of the molecule is CC1=C[C@H](C)C[C@H](C)C1c1c(C)nn(-c2[c-]c(Oc3[c-]c4c(cc3)c3ccccc3n4-c3cc(CC(C)C)ccn3)cc(C(C)(C)C)c2)c1CC(C)C.[Pt+2]. The Morgan fingerprint density at radius 2 is 1.61 bits per heavy atom. The minimum atomic E-state index is -0.120. The fraction of sp³-hybridized carbons (Fsp3) is 0.417. The fourth-order valence-electron chi connectivity index (χ4n) is 8.68. The normalized spacial score (nSPS) is 17.7. The number of fused-ring (bicyclic) bond motifs is 3. The molecule has 0 radical (unpaired) electrons. The van der Waals surface area contributed by atoms with E-state index in [-0.39, 0.29) is 26.5 Å². The van der Waals surface area contributed by atoms with Crippen molar-refractivity contribution in [3.05, 3.63) is 119 Å². The van der Waals surface area contributed by atoms with Crippen molar-refractivity contribution in [1.82, 2.24) is 19.3 Å². The molecule has 6 heteroatoms. The molecule has 3 atom stereocenters. The van der Waals surface area contributed by atoms with Crippen LogP contribution in [0.5, 0.6) is 11.5 Å². The molecule has 1 aliphatic rings. The molecule has 1 unspecified atom stereocenters. The molecule has 0 spiro atoms. The smallest absolute Gasteiger partial charge is 0.509 e. The molecule has 6 aromatic rings. The van der Waals surface area contributed by atoms with Crippen molar-refractivity contribution in [1.29, 1.82) is 0 Å². The van der Waals surface area contributed by atoms with E-state index in [0.29, 0.717) is 41.1 Å². The van der Waals surface area contributed by atoms with Gasteiger partial charge in [0.1, 0.15) is 5.82 Å². The molecule has 3 aromatic heterocycles. The molecule has 0 saturated carbocycles. The Balaban J connectivity index is 0.00000497.